The highest BCUT2D eigenvalue weighted by Crippen LogP contribution is 2.04. The van der Waals surface area contributed by atoms with Crippen LogP contribution in [0.1, 0.15) is 16.1 Å². The SMILES string of the molecule is Cn1ccc(C(=O)COCc2ccco2)c1. The Kier molecular flexibility index (Phi) is 3.22. The van der Waals surface area contributed by atoms with Gasteiger partial charge in [-0.15, -0.1) is 0 Å². The maximum Gasteiger partial charge on any atom is 0.189 e. The van der Waals surface area contributed by atoms with E-state index in [2.05, 4.69) is 0 Å². The highest BCUT2D eigenvalue weighted by atomic mass is 16.5. The van der Waals surface area contributed by atoms with Crippen molar-refractivity contribution in [2.45, 2.75) is 6.61 Å². The second-order valence-electron chi connectivity index (χ2n) is 3.56. The van der Waals surface area contributed by atoms with E-state index < -0.39 is 0 Å². The number of carbonyl (C=O) groups is 1. The Hall–Kier alpha value is -1.81. The Labute approximate surface area is 93.4 Å². The predicted octanol–water partition coefficient (Wildman–Crippen LogP) is 2.02. The van der Waals surface area contributed by atoms with Crippen LogP contribution in [-0.2, 0) is 18.4 Å². The molecule has 4 heteroatoms. The molecule has 0 amide bonds. The molecule has 84 valence electrons. The molecule has 0 radical (unpaired) electrons. The van der Waals surface area contributed by atoms with Crippen molar-refractivity contribution in [1.82, 2.24) is 4.57 Å². The zero-order valence-electron chi connectivity index (χ0n) is 9.05. The summed E-state index contributed by atoms with van der Waals surface area (Å²) in [5.74, 6) is 0.702. The fourth-order valence-electron chi connectivity index (χ4n) is 1.39. The summed E-state index contributed by atoms with van der Waals surface area (Å²) in [7, 11) is 1.88. The van der Waals surface area contributed by atoms with Crippen LogP contribution in [-0.4, -0.2) is 17.0 Å². The normalized spacial score (nSPS) is 10.6. The van der Waals surface area contributed by atoms with Crippen molar-refractivity contribution in [2.75, 3.05) is 6.61 Å². The fourth-order valence-corrected chi connectivity index (χ4v) is 1.39. The molecule has 0 spiro atoms. The molecule has 4 nitrogen and oxygen atoms in total. The first-order valence-electron chi connectivity index (χ1n) is 5.01. The minimum absolute atomic E-state index is 0.0212. The summed E-state index contributed by atoms with van der Waals surface area (Å²) in [6, 6.07) is 5.38. The summed E-state index contributed by atoms with van der Waals surface area (Å²) in [5, 5.41) is 0. The largest absolute Gasteiger partial charge is 0.467 e. The zero-order chi connectivity index (χ0) is 11.4. The van der Waals surface area contributed by atoms with E-state index >= 15 is 0 Å². The molecule has 0 atom stereocenters. The lowest BCUT2D eigenvalue weighted by atomic mass is 10.2. The van der Waals surface area contributed by atoms with Crippen LogP contribution in [0.25, 0.3) is 0 Å². The standard InChI is InChI=1S/C12H13NO3/c1-13-5-4-10(7-13)12(14)9-15-8-11-3-2-6-16-11/h2-7H,8-9H2,1H3. The summed E-state index contributed by atoms with van der Waals surface area (Å²) in [6.07, 6.45) is 5.19. The number of furan rings is 1. The highest BCUT2D eigenvalue weighted by molar-refractivity contribution is 5.96. The van der Waals surface area contributed by atoms with Gasteiger partial charge >= 0.3 is 0 Å². The maximum atomic E-state index is 11.6. The van der Waals surface area contributed by atoms with Gasteiger partial charge in [0.1, 0.15) is 19.0 Å². The van der Waals surface area contributed by atoms with Crippen LogP contribution < -0.4 is 0 Å². The van der Waals surface area contributed by atoms with Crippen molar-refractivity contribution >= 4 is 5.78 Å². The number of aryl methyl sites for hydroxylation is 1. The third kappa shape index (κ3) is 2.61. The van der Waals surface area contributed by atoms with Crippen molar-refractivity contribution in [2.24, 2.45) is 7.05 Å². The van der Waals surface area contributed by atoms with E-state index in [4.69, 9.17) is 9.15 Å². The quantitative estimate of drug-likeness (QED) is 0.722. The Morgan fingerprint density at radius 1 is 1.50 bits per heavy atom. The van der Waals surface area contributed by atoms with Crippen LogP contribution in [0.4, 0.5) is 0 Å². The Morgan fingerprint density at radius 2 is 2.38 bits per heavy atom. The highest BCUT2D eigenvalue weighted by Gasteiger charge is 2.07. The number of carbonyl (C=O) groups excluding carboxylic acids is 1. The first kappa shape index (κ1) is 10.7. The third-order valence-electron chi connectivity index (χ3n) is 2.21. The molecule has 0 unspecified atom stereocenters. The van der Waals surface area contributed by atoms with Crippen molar-refractivity contribution in [3.05, 3.63) is 48.2 Å². The molecule has 2 rings (SSSR count). The van der Waals surface area contributed by atoms with Gasteiger partial charge in [-0.1, -0.05) is 0 Å². The van der Waals surface area contributed by atoms with Crippen molar-refractivity contribution in [3.63, 3.8) is 0 Å². The van der Waals surface area contributed by atoms with E-state index in [9.17, 15) is 4.79 Å². The summed E-state index contributed by atoms with van der Waals surface area (Å²) < 4.78 is 12.2. The molecule has 0 aromatic carbocycles. The monoisotopic (exact) mass is 219 g/mol. The summed E-state index contributed by atoms with van der Waals surface area (Å²) in [4.78, 5) is 11.6. The van der Waals surface area contributed by atoms with Gasteiger partial charge in [-0.05, 0) is 18.2 Å². The molecule has 2 heterocycles. The molecule has 0 fully saturated rings. The molecule has 0 saturated carbocycles. The molecule has 16 heavy (non-hydrogen) atoms. The topological polar surface area (TPSA) is 44.4 Å². The molecule has 0 bridgehead atoms. The number of Topliss-reactive ketones (excluding diaryl/α,β-unsaturated/α-hetero) is 1. The fraction of sp³-hybridized carbons (Fsp3) is 0.250. The van der Waals surface area contributed by atoms with E-state index in [0.29, 0.717) is 12.2 Å². The van der Waals surface area contributed by atoms with Gasteiger partial charge in [0.05, 0.1) is 6.26 Å². The van der Waals surface area contributed by atoms with E-state index in [0.717, 1.165) is 5.76 Å². The number of hydrogen-bond acceptors (Lipinski definition) is 3. The van der Waals surface area contributed by atoms with Gasteiger partial charge in [0.25, 0.3) is 0 Å². The van der Waals surface area contributed by atoms with Crippen LogP contribution in [0, 0.1) is 0 Å². The van der Waals surface area contributed by atoms with Crippen LogP contribution in [0.2, 0.25) is 0 Å². The molecule has 0 aliphatic carbocycles. The first-order chi connectivity index (χ1) is 7.75. The minimum atomic E-state index is -0.0212. The van der Waals surface area contributed by atoms with Crippen LogP contribution >= 0.6 is 0 Å². The summed E-state index contributed by atoms with van der Waals surface area (Å²) in [5.41, 5.74) is 0.668. The molecular weight excluding hydrogens is 206 g/mol. The molecule has 0 N–H and O–H groups in total. The zero-order valence-corrected chi connectivity index (χ0v) is 9.05. The molecular formula is C12H13NO3. The van der Waals surface area contributed by atoms with Gasteiger partial charge in [-0.2, -0.15) is 0 Å². The van der Waals surface area contributed by atoms with Crippen molar-refractivity contribution in [3.8, 4) is 0 Å². The van der Waals surface area contributed by atoms with Gasteiger partial charge < -0.3 is 13.7 Å². The predicted molar refractivity (Wildman–Crippen MR) is 58.1 cm³/mol. The number of nitrogens with zero attached hydrogens (tertiary/aromatic N) is 1. The Balaban J connectivity index is 1.80. The smallest absolute Gasteiger partial charge is 0.189 e. The third-order valence-corrected chi connectivity index (χ3v) is 2.21. The lowest BCUT2D eigenvalue weighted by molar-refractivity contribution is 0.0691. The van der Waals surface area contributed by atoms with Crippen LogP contribution in [0.15, 0.2) is 41.3 Å². The van der Waals surface area contributed by atoms with E-state index in [1.54, 1.807) is 24.6 Å². The molecule has 0 aliphatic rings. The van der Waals surface area contributed by atoms with Gasteiger partial charge in [0, 0.05) is 25.0 Å². The van der Waals surface area contributed by atoms with E-state index in [1.807, 2.05) is 23.9 Å². The number of rotatable bonds is 5. The van der Waals surface area contributed by atoms with Crippen LogP contribution in [0.3, 0.4) is 0 Å². The lowest BCUT2D eigenvalue weighted by Crippen LogP contribution is -2.08. The second kappa shape index (κ2) is 4.81. The second-order valence-corrected chi connectivity index (χ2v) is 3.56. The molecule has 0 aliphatic heterocycles. The van der Waals surface area contributed by atoms with Gasteiger partial charge in [0.2, 0.25) is 0 Å². The molecule has 0 saturated heterocycles. The molecule has 2 aromatic heterocycles. The van der Waals surface area contributed by atoms with Crippen LogP contribution in [0.5, 0.6) is 0 Å². The Bertz CT molecular complexity index is 456. The molecule has 2 aromatic rings. The van der Waals surface area contributed by atoms with Gasteiger partial charge in [-0.25, -0.2) is 0 Å². The van der Waals surface area contributed by atoms with Crippen molar-refractivity contribution in [1.29, 1.82) is 0 Å². The average Bonchev–Trinajstić information content (AvgIpc) is 2.89. The average molecular weight is 219 g/mol. The number of hydrogen-bond donors (Lipinski definition) is 0. The lowest BCUT2D eigenvalue weighted by Gasteiger charge is -1.99. The Morgan fingerprint density at radius 3 is 3.00 bits per heavy atom. The maximum absolute atomic E-state index is 11.6. The van der Waals surface area contributed by atoms with Gasteiger partial charge in [-0.3, -0.25) is 4.79 Å². The number of ether oxygens (including phenoxy) is 1. The minimum Gasteiger partial charge on any atom is -0.467 e. The summed E-state index contributed by atoms with van der Waals surface area (Å²) >= 11 is 0. The van der Waals surface area contributed by atoms with Crippen molar-refractivity contribution < 1.29 is 13.9 Å². The van der Waals surface area contributed by atoms with E-state index in [1.165, 1.54) is 0 Å². The number of ketones is 1. The van der Waals surface area contributed by atoms with E-state index in [-0.39, 0.29) is 12.4 Å². The van der Waals surface area contributed by atoms with Gasteiger partial charge in [0.15, 0.2) is 5.78 Å². The summed E-state index contributed by atoms with van der Waals surface area (Å²) in [6.45, 7) is 0.399. The first-order valence-corrected chi connectivity index (χ1v) is 5.01. The number of aromatic nitrogens is 1.